The van der Waals surface area contributed by atoms with E-state index in [0.717, 1.165) is 19.6 Å². The quantitative estimate of drug-likeness (QED) is 0.802. The van der Waals surface area contributed by atoms with Crippen LogP contribution in [0.3, 0.4) is 0 Å². The smallest absolute Gasteiger partial charge is 0.239 e. The van der Waals surface area contributed by atoms with Crippen LogP contribution in [0, 0.1) is 5.92 Å². The highest BCUT2D eigenvalue weighted by Gasteiger charge is 2.24. The molecule has 2 rings (SSSR count). The molecule has 0 spiro atoms. The largest absolute Gasteiger partial charge is 0.378 e. The Morgan fingerprint density at radius 1 is 1.43 bits per heavy atom. The van der Waals surface area contributed by atoms with E-state index in [1.54, 1.807) is 0 Å². The Kier molecular flexibility index (Phi) is 10.6. The van der Waals surface area contributed by atoms with Crippen LogP contribution in [-0.2, 0) is 9.53 Å². The van der Waals surface area contributed by atoms with Gasteiger partial charge in [0.2, 0.25) is 5.91 Å². The summed E-state index contributed by atoms with van der Waals surface area (Å²) in [7, 11) is 0. The lowest BCUT2D eigenvalue weighted by molar-refractivity contribution is -0.126. The molecule has 2 aliphatic rings. The molecule has 0 aromatic carbocycles. The zero-order valence-corrected chi connectivity index (χ0v) is 14.6. The molecule has 2 N–H and O–H groups in total. The zero-order chi connectivity index (χ0) is 13.7. The fourth-order valence-electron chi connectivity index (χ4n) is 2.83. The molecule has 2 atom stereocenters. The Morgan fingerprint density at radius 3 is 2.81 bits per heavy atom. The van der Waals surface area contributed by atoms with Crippen LogP contribution in [0.4, 0.5) is 0 Å². The maximum absolute atomic E-state index is 12.0. The fraction of sp³-hybridized carbons (Fsp3) is 0.929. The van der Waals surface area contributed by atoms with Crippen LogP contribution in [0.2, 0.25) is 0 Å². The van der Waals surface area contributed by atoms with Crippen molar-refractivity contribution in [1.82, 2.24) is 15.5 Å². The topological polar surface area (TPSA) is 53.6 Å². The lowest BCUT2D eigenvalue weighted by Crippen LogP contribution is -2.52. The average Bonchev–Trinajstić information content (AvgIpc) is 2.46. The molecule has 5 nitrogen and oxygen atoms in total. The second-order valence-electron chi connectivity index (χ2n) is 5.92. The molecule has 2 saturated heterocycles. The number of rotatable bonds is 4. The van der Waals surface area contributed by atoms with E-state index in [-0.39, 0.29) is 36.8 Å². The first-order chi connectivity index (χ1) is 9.16. The van der Waals surface area contributed by atoms with Gasteiger partial charge in [0, 0.05) is 25.7 Å². The van der Waals surface area contributed by atoms with Crippen molar-refractivity contribution in [3.05, 3.63) is 0 Å². The lowest BCUT2D eigenvalue weighted by Gasteiger charge is -2.35. The van der Waals surface area contributed by atoms with E-state index in [9.17, 15) is 4.79 Å². The molecule has 0 aliphatic carbocycles. The maximum atomic E-state index is 12.0. The van der Waals surface area contributed by atoms with Gasteiger partial charge in [-0.15, -0.1) is 24.8 Å². The monoisotopic (exact) mass is 341 g/mol. The minimum absolute atomic E-state index is 0. The van der Waals surface area contributed by atoms with Crippen LogP contribution < -0.4 is 10.6 Å². The fourth-order valence-corrected chi connectivity index (χ4v) is 2.83. The van der Waals surface area contributed by atoms with Gasteiger partial charge in [-0.25, -0.2) is 0 Å². The number of carbonyl (C=O) groups excluding carboxylic acids is 1. The summed E-state index contributed by atoms with van der Waals surface area (Å²) in [6.45, 7) is 9.54. The molecular formula is C14H29Cl2N3O2. The van der Waals surface area contributed by atoms with Gasteiger partial charge in [-0.2, -0.15) is 0 Å². The number of ether oxygens (including phenoxy) is 1. The van der Waals surface area contributed by atoms with Gasteiger partial charge >= 0.3 is 0 Å². The normalized spacial score (nSPS) is 26.6. The van der Waals surface area contributed by atoms with Crippen molar-refractivity contribution in [2.75, 3.05) is 39.4 Å². The molecule has 0 aromatic rings. The van der Waals surface area contributed by atoms with Crippen LogP contribution >= 0.6 is 24.8 Å². The number of amides is 1. The van der Waals surface area contributed by atoms with Gasteiger partial charge in [0.25, 0.3) is 0 Å². The summed E-state index contributed by atoms with van der Waals surface area (Å²) >= 11 is 0. The van der Waals surface area contributed by atoms with Crippen molar-refractivity contribution in [2.45, 2.75) is 38.8 Å². The molecule has 0 bridgehead atoms. The average molecular weight is 342 g/mol. The highest BCUT2D eigenvalue weighted by atomic mass is 35.5. The highest BCUT2D eigenvalue weighted by Crippen LogP contribution is 2.17. The van der Waals surface area contributed by atoms with Gasteiger partial charge in [0.15, 0.2) is 0 Å². The third-order valence-corrected chi connectivity index (χ3v) is 4.08. The van der Waals surface area contributed by atoms with Crippen molar-refractivity contribution in [3.63, 3.8) is 0 Å². The summed E-state index contributed by atoms with van der Waals surface area (Å²) in [4.78, 5) is 14.5. The van der Waals surface area contributed by atoms with Crippen molar-refractivity contribution in [2.24, 2.45) is 5.92 Å². The second-order valence-corrected chi connectivity index (χ2v) is 5.92. The first kappa shape index (κ1) is 20.9. The Labute approximate surface area is 140 Å². The highest BCUT2D eigenvalue weighted by molar-refractivity contribution is 5.85. The lowest BCUT2D eigenvalue weighted by atomic mass is 9.97. The number of carbonyl (C=O) groups is 1. The van der Waals surface area contributed by atoms with Crippen molar-refractivity contribution in [3.8, 4) is 0 Å². The molecule has 0 aromatic heterocycles. The van der Waals surface area contributed by atoms with E-state index >= 15 is 0 Å². The summed E-state index contributed by atoms with van der Waals surface area (Å²) in [5, 5.41) is 6.26. The maximum Gasteiger partial charge on any atom is 0.239 e. The summed E-state index contributed by atoms with van der Waals surface area (Å²) in [5.74, 6) is 0.672. The molecule has 7 heteroatoms. The molecular weight excluding hydrogens is 313 g/mol. The van der Waals surface area contributed by atoms with E-state index in [2.05, 4.69) is 29.4 Å². The molecule has 0 radical (unpaired) electrons. The number of nitrogens with one attached hydrogen (secondary N) is 2. The number of hydrogen-bond donors (Lipinski definition) is 2. The van der Waals surface area contributed by atoms with Gasteiger partial charge in [-0.05, 0) is 39.2 Å². The molecule has 21 heavy (non-hydrogen) atoms. The van der Waals surface area contributed by atoms with Gasteiger partial charge in [0.1, 0.15) is 6.04 Å². The minimum atomic E-state index is -0.168. The van der Waals surface area contributed by atoms with Crippen LogP contribution in [0.5, 0.6) is 0 Å². The second kappa shape index (κ2) is 10.6. The van der Waals surface area contributed by atoms with Gasteiger partial charge in [0.05, 0.1) is 13.2 Å². The van der Waals surface area contributed by atoms with Crippen LogP contribution in [0.25, 0.3) is 0 Å². The van der Waals surface area contributed by atoms with Gasteiger partial charge < -0.3 is 20.3 Å². The third kappa shape index (κ3) is 6.70. The third-order valence-electron chi connectivity index (χ3n) is 4.08. The van der Waals surface area contributed by atoms with Gasteiger partial charge in [-0.1, -0.05) is 0 Å². The molecule has 2 heterocycles. The molecule has 1 amide bonds. The standard InChI is InChI=1S/C14H27N3O2.2ClH/c1-11(2)17-6-3-4-12(9-17)8-16-14(18)13-10-19-7-5-15-13;;/h11-13,15H,3-10H2,1-2H3,(H,16,18);2*1H. The SMILES string of the molecule is CC(C)N1CCCC(CNC(=O)C2COCCN2)C1.Cl.Cl. The molecule has 2 unspecified atom stereocenters. The minimum Gasteiger partial charge on any atom is -0.378 e. The van der Waals surface area contributed by atoms with E-state index in [1.165, 1.54) is 19.4 Å². The number of likely N-dealkylation sites (tertiary alicyclic amines) is 1. The Balaban J connectivity index is 0.00000200. The van der Waals surface area contributed by atoms with Crippen molar-refractivity contribution >= 4 is 30.7 Å². The van der Waals surface area contributed by atoms with E-state index in [4.69, 9.17) is 4.74 Å². The van der Waals surface area contributed by atoms with E-state index in [1.807, 2.05) is 0 Å². The predicted octanol–water partition coefficient (Wildman–Crippen LogP) is 1.05. The van der Waals surface area contributed by atoms with Crippen molar-refractivity contribution in [1.29, 1.82) is 0 Å². The molecule has 126 valence electrons. The Bertz CT molecular complexity index is 300. The van der Waals surface area contributed by atoms with Gasteiger partial charge in [-0.3, -0.25) is 4.79 Å². The summed E-state index contributed by atoms with van der Waals surface area (Å²) < 4.78 is 5.31. The number of hydrogen-bond acceptors (Lipinski definition) is 4. The Morgan fingerprint density at radius 2 is 2.19 bits per heavy atom. The number of piperidine rings is 1. The molecule has 2 aliphatic heterocycles. The number of morpholine rings is 1. The number of nitrogens with zero attached hydrogens (tertiary/aromatic N) is 1. The van der Waals surface area contributed by atoms with Crippen LogP contribution in [0.15, 0.2) is 0 Å². The predicted molar refractivity (Wildman–Crippen MR) is 89.5 cm³/mol. The van der Waals surface area contributed by atoms with E-state index < -0.39 is 0 Å². The van der Waals surface area contributed by atoms with Crippen molar-refractivity contribution < 1.29 is 9.53 Å². The van der Waals surface area contributed by atoms with E-state index in [0.29, 0.717) is 25.2 Å². The first-order valence-electron chi connectivity index (χ1n) is 7.49. The summed E-state index contributed by atoms with van der Waals surface area (Å²) in [6.07, 6.45) is 2.46. The summed E-state index contributed by atoms with van der Waals surface area (Å²) in [5.41, 5.74) is 0. The Hall–Kier alpha value is -0.0700. The first-order valence-corrected chi connectivity index (χ1v) is 7.49. The molecule has 2 fully saturated rings. The zero-order valence-electron chi connectivity index (χ0n) is 13.0. The number of halogens is 2. The van der Waals surface area contributed by atoms with Crippen LogP contribution in [0.1, 0.15) is 26.7 Å². The summed E-state index contributed by atoms with van der Waals surface area (Å²) in [6, 6.07) is 0.436. The molecule has 0 saturated carbocycles. The van der Waals surface area contributed by atoms with Crippen LogP contribution in [-0.4, -0.2) is 62.3 Å².